The van der Waals surface area contributed by atoms with Gasteiger partial charge in [0.1, 0.15) is 0 Å². The van der Waals surface area contributed by atoms with Gasteiger partial charge >= 0.3 is 5.97 Å². The number of phenols is 1. The van der Waals surface area contributed by atoms with Crippen molar-refractivity contribution in [2.45, 2.75) is 26.3 Å². The summed E-state index contributed by atoms with van der Waals surface area (Å²) in [5, 5.41) is 18.5. The molecule has 0 aromatic heterocycles. The van der Waals surface area contributed by atoms with Gasteiger partial charge in [-0.3, -0.25) is 4.79 Å². The molecule has 1 atom stereocenters. The third-order valence-electron chi connectivity index (χ3n) is 2.88. The molecule has 17 heavy (non-hydrogen) atoms. The Kier molecular flexibility index (Phi) is 3.96. The monoisotopic (exact) mass is 239 g/mol. The molecule has 1 unspecified atom stereocenters. The van der Waals surface area contributed by atoms with Crippen LogP contribution >= 0.6 is 0 Å². The summed E-state index contributed by atoms with van der Waals surface area (Å²) < 4.78 is 5.02. The van der Waals surface area contributed by atoms with E-state index in [-0.39, 0.29) is 12.2 Å². The fourth-order valence-electron chi connectivity index (χ4n) is 1.74. The maximum atomic E-state index is 10.6. The molecule has 0 spiro atoms. The Bertz CT molecular complexity index is 443. The number of carboxylic acid groups (broad SMARTS) is 1. The van der Waals surface area contributed by atoms with Crippen LogP contribution in [0.25, 0.3) is 0 Å². The molecule has 0 fully saturated rings. The maximum absolute atomic E-state index is 10.6. The number of carbonyl (C=O) groups is 1. The third kappa shape index (κ3) is 2.68. The lowest BCUT2D eigenvalue weighted by molar-refractivity contribution is -0.137. The van der Waals surface area contributed by atoms with Crippen LogP contribution in [-0.2, 0) is 4.79 Å². The van der Waals surface area contributed by atoms with Gasteiger partial charge in [0.25, 0.3) is 0 Å². The van der Waals surface area contributed by atoms with Crippen LogP contribution in [0, 0.1) is 13.8 Å². The smallest absolute Gasteiger partial charge is 0.305 e. The summed E-state index contributed by atoms with van der Waals surface area (Å²) in [4.78, 5) is 10.6. The number of benzene rings is 1. The minimum absolute atomic E-state index is 0.0660. The van der Waals surface area contributed by atoms with Crippen molar-refractivity contribution in [1.82, 2.24) is 0 Å². The number of aliphatic carboxylic acids is 1. The van der Waals surface area contributed by atoms with Gasteiger partial charge in [-0.2, -0.15) is 0 Å². The van der Waals surface area contributed by atoms with Gasteiger partial charge in [-0.25, -0.2) is 0 Å². The van der Waals surface area contributed by atoms with E-state index in [1.54, 1.807) is 19.9 Å². The normalized spacial score (nSPS) is 12.2. The molecule has 5 heteroatoms. The van der Waals surface area contributed by atoms with Crippen molar-refractivity contribution in [3.8, 4) is 11.5 Å². The molecule has 0 bridgehead atoms. The van der Waals surface area contributed by atoms with Crippen LogP contribution < -0.4 is 10.5 Å². The molecule has 5 nitrogen and oxygen atoms in total. The van der Waals surface area contributed by atoms with Crippen molar-refractivity contribution in [3.63, 3.8) is 0 Å². The van der Waals surface area contributed by atoms with Crippen molar-refractivity contribution >= 4 is 5.97 Å². The summed E-state index contributed by atoms with van der Waals surface area (Å²) in [5.41, 5.74) is 7.94. The number of nitrogens with two attached hydrogens (primary N) is 1. The number of methoxy groups -OCH3 is 1. The van der Waals surface area contributed by atoms with E-state index >= 15 is 0 Å². The number of carboxylic acids is 1. The molecule has 1 aromatic rings. The molecule has 0 aliphatic heterocycles. The third-order valence-corrected chi connectivity index (χ3v) is 2.88. The van der Waals surface area contributed by atoms with Gasteiger partial charge in [0.15, 0.2) is 11.5 Å². The van der Waals surface area contributed by atoms with Gasteiger partial charge in [-0.05, 0) is 36.6 Å². The molecule has 0 amide bonds. The van der Waals surface area contributed by atoms with Crippen LogP contribution in [0.4, 0.5) is 0 Å². The van der Waals surface area contributed by atoms with E-state index in [2.05, 4.69) is 0 Å². The highest BCUT2D eigenvalue weighted by atomic mass is 16.5. The lowest BCUT2D eigenvalue weighted by Crippen LogP contribution is -2.16. The molecule has 1 rings (SSSR count). The van der Waals surface area contributed by atoms with E-state index in [1.807, 2.05) is 0 Å². The largest absolute Gasteiger partial charge is 0.504 e. The number of rotatable bonds is 4. The fraction of sp³-hybridized carbons (Fsp3) is 0.417. The van der Waals surface area contributed by atoms with E-state index < -0.39 is 12.0 Å². The topological polar surface area (TPSA) is 92.8 Å². The molecule has 94 valence electrons. The zero-order chi connectivity index (χ0) is 13.2. The van der Waals surface area contributed by atoms with Crippen LogP contribution in [0.2, 0.25) is 0 Å². The Balaban J connectivity index is 3.24. The summed E-state index contributed by atoms with van der Waals surface area (Å²) in [6.45, 7) is 3.54. The standard InChI is InChI=1S/C12H17NO4/c1-6-7(2)12(16)10(17-3)4-8(6)9(13)5-11(14)15/h4,9,16H,5,13H2,1-3H3,(H,14,15). The summed E-state index contributed by atoms with van der Waals surface area (Å²) in [6.07, 6.45) is -0.159. The van der Waals surface area contributed by atoms with Crippen molar-refractivity contribution in [3.05, 3.63) is 22.8 Å². The van der Waals surface area contributed by atoms with Crippen molar-refractivity contribution in [2.75, 3.05) is 7.11 Å². The SMILES string of the molecule is COc1cc(C(N)CC(=O)O)c(C)c(C)c1O. The molecule has 0 saturated heterocycles. The molecule has 0 saturated carbocycles. The fourth-order valence-corrected chi connectivity index (χ4v) is 1.74. The van der Waals surface area contributed by atoms with E-state index in [0.717, 1.165) is 5.56 Å². The number of aromatic hydroxyl groups is 1. The second-order valence-corrected chi connectivity index (χ2v) is 3.97. The molecule has 0 aliphatic rings. The first-order chi connectivity index (χ1) is 7.88. The minimum Gasteiger partial charge on any atom is -0.504 e. The second kappa shape index (κ2) is 5.05. The second-order valence-electron chi connectivity index (χ2n) is 3.97. The molecule has 0 heterocycles. The quantitative estimate of drug-likeness (QED) is 0.740. The molecule has 0 aliphatic carbocycles. The van der Waals surface area contributed by atoms with Crippen LogP contribution in [-0.4, -0.2) is 23.3 Å². The van der Waals surface area contributed by atoms with Gasteiger partial charge in [-0.1, -0.05) is 0 Å². The Hall–Kier alpha value is -1.75. The molecule has 1 aromatic carbocycles. The highest BCUT2D eigenvalue weighted by Crippen LogP contribution is 2.36. The van der Waals surface area contributed by atoms with Gasteiger partial charge < -0.3 is 20.7 Å². The van der Waals surface area contributed by atoms with E-state index in [4.69, 9.17) is 15.6 Å². The van der Waals surface area contributed by atoms with Gasteiger partial charge in [0, 0.05) is 6.04 Å². The van der Waals surface area contributed by atoms with Crippen molar-refractivity contribution in [2.24, 2.45) is 5.73 Å². The Labute approximate surface area is 99.8 Å². The molecule has 0 radical (unpaired) electrons. The number of hydrogen-bond acceptors (Lipinski definition) is 4. The maximum Gasteiger partial charge on any atom is 0.305 e. The van der Waals surface area contributed by atoms with Crippen LogP contribution in [0.1, 0.15) is 29.2 Å². The van der Waals surface area contributed by atoms with Crippen LogP contribution in [0.3, 0.4) is 0 Å². The highest BCUT2D eigenvalue weighted by Gasteiger charge is 2.18. The first-order valence-electron chi connectivity index (χ1n) is 5.22. The van der Waals surface area contributed by atoms with Crippen LogP contribution in [0.15, 0.2) is 6.07 Å². The summed E-state index contributed by atoms with van der Waals surface area (Å²) >= 11 is 0. The summed E-state index contributed by atoms with van der Waals surface area (Å²) in [5.74, 6) is -0.582. The predicted molar refractivity (Wildman–Crippen MR) is 63.3 cm³/mol. The van der Waals surface area contributed by atoms with Gasteiger partial charge in [0.2, 0.25) is 0 Å². The average molecular weight is 239 g/mol. The lowest BCUT2D eigenvalue weighted by Gasteiger charge is -2.17. The summed E-state index contributed by atoms with van der Waals surface area (Å²) in [6, 6.07) is 0.978. The Morgan fingerprint density at radius 1 is 1.47 bits per heavy atom. The Morgan fingerprint density at radius 3 is 2.53 bits per heavy atom. The number of phenolic OH excluding ortho intramolecular Hbond substituents is 1. The predicted octanol–water partition coefficient (Wildman–Crippen LogP) is 1.49. The summed E-state index contributed by atoms with van der Waals surface area (Å²) in [7, 11) is 1.44. The van der Waals surface area contributed by atoms with E-state index in [1.165, 1.54) is 7.11 Å². The first kappa shape index (κ1) is 13.3. The van der Waals surface area contributed by atoms with Crippen molar-refractivity contribution < 1.29 is 19.7 Å². The molecule has 4 N–H and O–H groups in total. The van der Waals surface area contributed by atoms with Gasteiger partial charge in [-0.15, -0.1) is 0 Å². The average Bonchev–Trinajstić information content (AvgIpc) is 2.25. The minimum atomic E-state index is -0.957. The Morgan fingerprint density at radius 2 is 2.06 bits per heavy atom. The van der Waals surface area contributed by atoms with Crippen LogP contribution in [0.5, 0.6) is 11.5 Å². The number of ether oxygens (including phenoxy) is 1. The van der Waals surface area contributed by atoms with Crippen molar-refractivity contribution in [1.29, 1.82) is 0 Å². The highest BCUT2D eigenvalue weighted by molar-refractivity contribution is 5.68. The molecular weight excluding hydrogens is 222 g/mol. The zero-order valence-electron chi connectivity index (χ0n) is 10.2. The zero-order valence-corrected chi connectivity index (χ0v) is 10.2. The first-order valence-corrected chi connectivity index (χ1v) is 5.22. The van der Waals surface area contributed by atoms with E-state index in [0.29, 0.717) is 16.9 Å². The lowest BCUT2D eigenvalue weighted by atomic mass is 9.95. The van der Waals surface area contributed by atoms with Gasteiger partial charge in [0.05, 0.1) is 13.5 Å². The molecular formula is C12H17NO4. The van der Waals surface area contributed by atoms with E-state index in [9.17, 15) is 9.90 Å². The number of hydrogen-bond donors (Lipinski definition) is 3.